The van der Waals surface area contributed by atoms with Crippen LogP contribution in [-0.4, -0.2) is 65.4 Å². The molecule has 1 aliphatic heterocycles. The Kier molecular flexibility index (Phi) is 6.58. The highest BCUT2D eigenvalue weighted by atomic mass is 16.4. The Morgan fingerprint density at radius 2 is 2.05 bits per heavy atom. The molecule has 0 aromatic carbocycles. The number of hydrogen-bond acceptors (Lipinski definition) is 4. The van der Waals surface area contributed by atoms with Crippen molar-refractivity contribution in [2.75, 3.05) is 26.2 Å². The Labute approximate surface area is 113 Å². The van der Waals surface area contributed by atoms with Crippen molar-refractivity contribution in [2.24, 2.45) is 0 Å². The van der Waals surface area contributed by atoms with Crippen LogP contribution in [0.2, 0.25) is 0 Å². The minimum atomic E-state index is -1.42. The highest BCUT2D eigenvalue weighted by Gasteiger charge is 2.24. The van der Waals surface area contributed by atoms with Crippen LogP contribution in [0.4, 0.5) is 4.79 Å². The number of urea groups is 1. The first kappa shape index (κ1) is 15.7. The number of carbonyl (C=O) groups excluding carboxylic acids is 1. The van der Waals surface area contributed by atoms with E-state index in [0.29, 0.717) is 6.54 Å². The molecule has 0 radical (unpaired) electrons. The molecule has 0 aliphatic carbocycles. The van der Waals surface area contributed by atoms with Gasteiger partial charge in [-0.25, -0.2) is 9.59 Å². The van der Waals surface area contributed by atoms with Crippen LogP contribution >= 0.6 is 0 Å². The third-order valence-electron chi connectivity index (χ3n) is 3.33. The molecule has 1 saturated heterocycles. The first-order valence-corrected chi connectivity index (χ1v) is 6.72. The summed E-state index contributed by atoms with van der Waals surface area (Å²) < 4.78 is 0. The van der Waals surface area contributed by atoms with Crippen molar-refractivity contribution in [1.82, 2.24) is 15.5 Å². The molecule has 1 aliphatic rings. The number of rotatable bonds is 6. The van der Waals surface area contributed by atoms with Crippen LogP contribution in [0.25, 0.3) is 0 Å². The van der Waals surface area contributed by atoms with Crippen molar-refractivity contribution in [2.45, 2.75) is 38.3 Å². The van der Waals surface area contributed by atoms with Crippen molar-refractivity contribution >= 4 is 12.0 Å². The molecule has 4 N–H and O–H groups in total. The first-order chi connectivity index (χ1) is 9.06. The normalized spacial score (nSPS) is 17.8. The molecule has 19 heavy (non-hydrogen) atoms. The molecule has 0 spiro atoms. The molecular weight excluding hydrogens is 250 g/mol. The summed E-state index contributed by atoms with van der Waals surface area (Å²) in [7, 11) is 0. The van der Waals surface area contributed by atoms with E-state index in [1.165, 1.54) is 0 Å². The fourth-order valence-corrected chi connectivity index (χ4v) is 2.23. The summed E-state index contributed by atoms with van der Waals surface area (Å²) >= 11 is 0. The van der Waals surface area contributed by atoms with Gasteiger partial charge in [0.25, 0.3) is 0 Å². The van der Waals surface area contributed by atoms with Crippen LogP contribution in [0.3, 0.4) is 0 Å². The van der Waals surface area contributed by atoms with Crippen molar-refractivity contribution in [3.05, 3.63) is 0 Å². The van der Waals surface area contributed by atoms with Crippen molar-refractivity contribution in [3.63, 3.8) is 0 Å². The number of carboxylic acids is 1. The third kappa shape index (κ3) is 5.04. The standard InChI is InChI=1S/C12H23N3O4/c1-2-15(9-3-6-13-7-4-9)12(19)14-8-5-10(16)11(17)18/h9-10,13,16H,2-8H2,1H3,(H,14,19)(H,17,18)/t10-/m0/s1. The smallest absolute Gasteiger partial charge is 0.332 e. The summed E-state index contributed by atoms with van der Waals surface area (Å²) in [5.74, 6) is -1.26. The van der Waals surface area contributed by atoms with Gasteiger partial charge in [-0.3, -0.25) is 0 Å². The summed E-state index contributed by atoms with van der Waals surface area (Å²) in [5.41, 5.74) is 0. The molecule has 1 heterocycles. The van der Waals surface area contributed by atoms with E-state index in [9.17, 15) is 9.59 Å². The molecule has 0 aromatic rings. The molecule has 1 fully saturated rings. The summed E-state index contributed by atoms with van der Waals surface area (Å²) in [4.78, 5) is 24.2. The summed E-state index contributed by atoms with van der Waals surface area (Å²) in [6, 6.07) is 0.0441. The molecular formula is C12H23N3O4. The maximum atomic E-state index is 12.0. The minimum Gasteiger partial charge on any atom is -0.479 e. The lowest BCUT2D eigenvalue weighted by Crippen LogP contribution is -2.50. The monoisotopic (exact) mass is 273 g/mol. The zero-order valence-electron chi connectivity index (χ0n) is 11.3. The number of piperidine rings is 1. The predicted octanol–water partition coefficient (Wildman–Crippen LogP) is -0.394. The number of carbonyl (C=O) groups is 2. The second-order valence-corrected chi connectivity index (χ2v) is 4.64. The third-order valence-corrected chi connectivity index (χ3v) is 3.33. The Balaban J connectivity index is 2.34. The van der Waals surface area contributed by atoms with Crippen LogP contribution in [0, 0.1) is 0 Å². The van der Waals surface area contributed by atoms with Gasteiger partial charge in [0.05, 0.1) is 0 Å². The van der Waals surface area contributed by atoms with Crippen molar-refractivity contribution in [1.29, 1.82) is 0 Å². The van der Waals surface area contributed by atoms with Crippen LogP contribution < -0.4 is 10.6 Å². The Morgan fingerprint density at radius 3 is 2.58 bits per heavy atom. The summed E-state index contributed by atoms with van der Waals surface area (Å²) in [6.45, 7) is 4.53. The van der Waals surface area contributed by atoms with Gasteiger partial charge in [-0.1, -0.05) is 0 Å². The van der Waals surface area contributed by atoms with E-state index in [4.69, 9.17) is 10.2 Å². The number of aliphatic carboxylic acids is 1. The van der Waals surface area contributed by atoms with Gasteiger partial charge in [-0.2, -0.15) is 0 Å². The molecule has 0 unspecified atom stereocenters. The van der Waals surface area contributed by atoms with Crippen LogP contribution in [-0.2, 0) is 4.79 Å². The van der Waals surface area contributed by atoms with Gasteiger partial charge >= 0.3 is 12.0 Å². The molecule has 1 rings (SSSR count). The Bertz CT molecular complexity index is 305. The van der Waals surface area contributed by atoms with Gasteiger partial charge in [0.1, 0.15) is 0 Å². The minimum absolute atomic E-state index is 0.0187. The van der Waals surface area contributed by atoms with Gasteiger partial charge in [-0.05, 0) is 32.9 Å². The molecule has 110 valence electrons. The fourth-order valence-electron chi connectivity index (χ4n) is 2.23. The van der Waals surface area contributed by atoms with Crippen molar-refractivity contribution < 1.29 is 19.8 Å². The van der Waals surface area contributed by atoms with E-state index >= 15 is 0 Å². The van der Waals surface area contributed by atoms with Gasteiger partial charge in [-0.15, -0.1) is 0 Å². The number of carboxylic acid groups (broad SMARTS) is 1. The number of aliphatic hydroxyl groups excluding tert-OH is 1. The van der Waals surface area contributed by atoms with E-state index in [2.05, 4.69) is 10.6 Å². The second-order valence-electron chi connectivity index (χ2n) is 4.64. The van der Waals surface area contributed by atoms with E-state index in [0.717, 1.165) is 25.9 Å². The van der Waals surface area contributed by atoms with Crippen LogP contribution in [0.1, 0.15) is 26.2 Å². The van der Waals surface area contributed by atoms with Gasteiger partial charge in [0, 0.05) is 25.6 Å². The van der Waals surface area contributed by atoms with Crippen LogP contribution in [0.5, 0.6) is 0 Å². The highest BCUT2D eigenvalue weighted by Crippen LogP contribution is 2.11. The largest absolute Gasteiger partial charge is 0.479 e. The zero-order valence-corrected chi connectivity index (χ0v) is 11.3. The zero-order chi connectivity index (χ0) is 14.3. The van der Waals surface area contributed by atoms with Gasteiger partial charge in [0.15, 0.2) is 6.10 Å². The quantitative estimate of drug-likeness (QED) is 0.528. The maximum Gasteiger partial charge on any atom is 0.332 e. The number of aliphatic hydroxyl groups is 1. The molecule has 0 saturated carbocycles. The average Bonchev–Trinajstić information content (AvgIpc) is 2.40. The fraction of sp³-hybridized carbons (Fsp3) is 0.833. The first-order valence-electron chi connectivity index (χ1n) is 6.72. The summed E-state index contributed by atoms with van der Waals surface area (Å²) in [6.07, 6.45) is 0.456. The van der Waals surface area contributed by atoms with Gasteiger partial charge in [0.2, 0.25) is 0 Å². The van der Waals surface area contributed by atoms with E-state index in [1.807, 2.05) is 6.92 Å². The number of nitrogens with zero attached hydrogens (tertiary/aromatic N) is 1. The molecule has 0 bridgehead atoms. The predicted molar refractivity (Wildman–Crippen MR) is 69.9 cm³/mol. The molecule has 7 heteroatoms. The SMILES string of the molecule is CCN(C(=O)NCC[C@H](O)C(=O)O)C1CCNCC1. The molecule has 1 atom stereocenters. The van der Waals surface area contributed by atoms with Gasteiger partial charge < -0.3 is 25.7 Å². The van der Waals surface area contributed by atoms with E-state index in [1.54, 1.807) is 4.90 Å². The lowest BCUT2D eigenvalue weighted by atomic mass is 10.1. The van der Waals surface area contributed by atoms with E-state index in [-0.39, 0.29) is 25.0 Å². The average molecular weight is 273 g/mol. The topological polar surface area (TPSA) is 102 Å². The maximum absolute atomic E-state index is 12.0. The molecule has 7 nitrogen and oxygen atoms in total. The molecule has 2 amide bonds. The number of amides is 2. The highest BCUT2D eigenvalue weighted by molar-refractivity contribution is 5.75. The van der Waals surface area contributed by atoms with Crippen LogP contribution in [0.15, 0.2) is 0 Å². The Hall–Kier alpha value is -1.34. The lowest BCUT2D eigenvalue weighted by molar-refractivity contribution is -0.146. The lowest BCUT2D eigenvalue weighted by Gasteiger charge is -2.33. The molecule has 0 aromatic heterocycles. The van der Waals surface area contributed by atoms with E-state index < -0.39 is 12.1 Å². The second kappa shape index (κ2) is 7.96. The Morgan fingerprint density at radius 1 is 1.42 bits per heavy atom. The summed E-state index contributed by atoms with van der Waals surface area (Å²) in [5, 5.41) is 23.5. The number of hydrogen-bond donors (Lipinski definition) is 4. The number of nitrogens with one attached hydrogen (secondary N) is 2. The van der Waals surface area contributed by atoms with Crippen molar-refractivity contribution in [3.8, 4) is 0 Å².